The average molecular weight is 466 g/mol. The smallest absolute Gasteiger partial charge is 0.406 e. The number of hydrogen-bond acceptors (Lipinski definition) is 4. The molecule has 174 valence electrons. The number of aliphatic imine (C=N–C) groups is 1. The molecule has 0 unspecified atom stereocenters. The Hall–Kier alpha value is -4.14. The molecular formula is C25H21F3N4O2. The third kappa shape index (κ3) is 5.61. The SMILES string of the molecule is CCc1nc2ccccn2c1C(=O)NCc1ccc(N=Cc2ccc(OC(F)(F)F)cc2)cc1. The van der Waals surface area contributed by atoms with Crippen LogP contribution in [-0.4, -0.2) is 27.9 Å². The van der Waals surface area contributed by atoms with E-state index in [-0.39, 0.29) is 11.7 Å². The van der Waals surface area contributed by atoms with Gasteiger partial charge in [-0.2, -0.15) is 0 Å². The summed E-state index contributed by atoms with van der Waals surface area (Å²) in [7, 11) is 0. The highest BCUT2D eigenvalue weighted by molar-refractivity contribution is 5.94. The van der Waals surface area contributed by atoms with Gasteiger partial charge in [0.1, 0.15) is 17.1 Å². The average Bonchev–Trinajstić information content (AvgIpc) is 3.21. The molecule has 0 atom stereocenters. The van der Waals surface area contributed by atoms with E-state index in [1.807, 2.05) is 43.5 Å². The van der Waals surface area contributed by atoms with E-state index in [4.69, 9.17) is 0 Å². The number of pyridine rings is 1. The molecule has 0 saturated heterocycles. The number of nitrogens with one attached hydrogen (secondary N) is 1. The maximum atomic E-state index is 12.8. The zero-order chi connectivity index (χ0) is 24.1. The van der Waals surface area contributed by atoms with Gasteiger partial charge in [-0.15, -0.1) is 13.2 Å². The van der Waals surface area contributed by atoms with Crippen molar-refractivity contribution in [3.8, 4) is 5.75 Å². The number of carbonyl (C=O) groups is 1. The molecule has 1 N–H and O–H groups in total. The molecule has 0 spiro atoms. The Balaban J connectivity index is 1.37. The van der Waals surface area contributed by atoms with Crippen LogP contribution in [0, 0.1) is 0 Å². The van der Waals surface area contributed by atoms with Crippen LogP contribution < -0.4 is 10.1 Å². The van der Waals surface area contributed by atoms with Gasteiger partial charge in [-0.25, -0.2) is 4.98 Å². The third-order valence-corrected chi connectivity index (χ3v) is 5.02. The highest BCUT2D eigenvalue weighted by Gasteiger charge is 2.30. The second-order valence-electron chi connectivity index (χ2n) is 7.41. The van der Waals surface area contributed by atoms with Gasteiger partial charge in [-0.1, -0.05) is 25.1 Å². The van der Waals surface area contributed by atoms with E-state index >= 15 is 0 Å². The summed E-state index contributed by atoms with van der Waals surface area (Å²) in [5.41, 5.74) is 4.20. The Morgan fingerprint density at radius 2 is 1.82 bits per heavy atom. The number of hydrogen-bond donors (Lipinski definition) is 1. The van der Waals surface area contributed by atoms with Gasteiger partial charge in [0, 0.05) is 19.0 Å². The van der Waals surface area contributed by atoms with Gasteiger partial charge in [0.15, 0.2) is 0 Å². The lowest BCUT2D eigenvalue weighted by Gasteiger charge is -2.08. The van der Waals surface area contributed by atoms with Crippen molar-refractivity contribution in [3.63, 3.8) is 0 Å². The molecule has 1 amide bonds. The molecule has 0 saturated carbocycles. The Bertz CT molecular complexity index is 1310. The summed E-state index contributed by atoms with van der Waals surface area (Å²) in [6, 6.07) is 18.3. The minimum atomic E-state index is -4.72. The summed E-state index contributed by atoms with van der Waals surface area (Å²) < 4.78 is 42.3. The normalized spacial score (nSPS) is 11.8. The number of fused-ring (bicyclic) bond motifs is 1. The van der Waals surface area contributed by atoms with Crippen LogP contribution in [0.1, 0.15) is 34.2 Å². The van der Waals surface area contributed by atoms with Crippen LogP contribution >= 0.6 is 0 Å². The van der Waals surface area contributed by atoms with Gasteiger partial charge in [-0.05, 0) is 66.1 Å². The number of amides is 1. The van der Waals surface area contributed by atoms with Crippen molar-refractivity contribution in [2.45, 2.75) is 26.3 Å². The van der Waals surface area contributed by atoms with Gasteiger partial charge in [0.25, 0.3) is 5.91 Å². The van der Waals surface area contributed by atoms with Crippen molar-refractivity contribution in [1.29, 1.82) is 0 Å². The van der Waals surface area contributed by atoms with Gasteiger partial charge < -0.3 is 10.1 Å². The Morgan fingerprint density at radius 1 is 1.09 bits per heavy atom. The van der Waals surface area contributed by atoms with Crippen LogP contribution in [0.25, 0.3) is 5.65 Å². The maximum Gasteiger partial charge on any atom is 0.573 e. The quantitative estimate of drug-likeness (QED) is 0.367. The highest BCUT2D eigenvalue weighted by Crippen LogP contribution is 2.23. The zero-order valence-corrected chi connectivity index (χ0v) is 18.2. The fraction of sp³-hybridized carbons (Fsp3) is 0.160. The Labute approximate surface area is 193 Å². The molecule has 0 aliphatic rings. The molecule has 0 bridgehead atoms. The summed E-state index contributed by atoms with van der Waals surface area (Å²) in [5.74, 6) is -0.485. The zero-order valence-electron chi connectivity index (χ0n) is 18.2. The Kier molecular flexibility index (Phi) is 6.62. The predicted octanol–water partition coefficient (Wildman–Crippen LogP) is 5.48. The van der Waals surface area contributed by atoms with Crippen LogP contribution in [0.15, 0.2) is 77.9 Å². The summed E-state index contributed by atoms with van der Waals surface area (Å²) in [5, 5.41) is 2.94. The molecule has 0 fully saturated rings. The fourth-order valence-electron chi connectivity index (χ4n) is 3.40. The van der Waals surface area contributed by atoms with E-state index in [1.165, 1.54) is 24.3 Å². The van der Waals surface area contributed by atoms with Crippen molar-refractivity contribution in [3.05, 3.63) is 95.4 Å². The predicted molar refractivity (Wildman–Crippen MR) is 123 cm³/mol. The lowest BCUT2D eigenvalue weighted by atomic mass is 10.2. The van der Waals surface area contributed by atoms with Crippen LogP contribution in [0.4, 0.5) is 18.9 Å². The molecule has 6 nitrogen and oxygen atoms in total. The van der Waals surface area contributed by atoms with Crippen molar-refractivity contribution in [2.75, 3.05) is 0 Å². The first-order valence-electron chi connectivity index (χ1n) is 10.6. The summed E-state index contributed by atoms with van der Waals surface area (Å²) in [6.07, 6.45) is -0.706. The minimum absolute atomic E-state index is 0.199. The first-order valence-corrected chi connectivity index (χ1v) is 10.6. The van der Waals surface area contributed by atoms with Gasteiger partial charge in [-0.3, -0.25) is 14.2 Å². The molecular weight excluding hydrogens is 445 g/mol. The van der Waals surface area contributed by atoms with Crippen molar-refractivity contribution < 1.29 is 22.7 Å². The van der Waals surface area contributed by atoms with E-state index in [2.05, 4.69) is 20.0 Å². The van der Waals surface area contributed by atoms with E-state index < -0.39 is 6.36 Å². The van der Waals surface area contributed by atoms with Crippen LogP contribution in [0.2, 0.25) is 0 Å². The number of benzene rings is 2. The fourth-order valence-corrected chi connectivity index (χ4v) is 3.40. The topological polar surface area (TPSA) is 68.0 Å². The van der Waals surface area contributed by atoms with Gasteiger partial charge in [0.2, 0.25) is 0 Å². The molecule has 0 aliphatic heterocycles. The molecule has 2 aromatic carbocycles. The molecule has 34 heavy (non-hydrogen) atoms. The number of aromatic nitrogens is 2. The lowest BCUT2D eigenvalue weighted by Crippen LogP contribution is -2.25. The molecule has 0 aliphatic carbocycles. The van der Waals surface area contributed by atoms with E-state index in [0.717, 1.165) is 16.9 Å². The highest BCUT2D eigenvalue weighted by atomic mass is 19.4. The number of alkyl halides is 3. The van der Waals surface area contributed by atoms with Crippen LogP contribution in [-0.2, 0) is 13.0 Å². The first-order chi connectivity index (χ1) is 16.3. The van der Waals surface area contributed by atoms with E-state index in [0.29, 0.717) is 29.9 Å². The van der Waals surface area contributed by atoms with Crippen LogP contribution in [0.5, 0.6) is 5.75 Å². The number of imidazole rings is 1. The number of ether oxygens (including phenoxy) is 1. The number of halogens is 3. The van der Waals surface area contributed by atoms with Crippen molar-refractivity contribution >= 4 is 23.5 Å². The molecule has 2 heterocycles. The molecule has 4 aromatic rings. The maximum absolute atomic E-state index is 12.8. The second kappa shape index (κ2) is 9.78. The monoisotopic (exact) mass is 466 g/mol. The molecule has 4 rings (SSSR count). The number of aryl methyl sites for hydroxylation is 1. The largest absolute Gasteiger partial charge is 0.573 e. The van der Waals surface area contributed by atoms with Crippen LogP contribution in [0.3, 0.4) is 0 Å². The number of nitrogens with zero attached hydrogens (tertiary/aromatic N) is 3. The van der Waals surface area contributed by atoms with Gasteiger partial charge >= 0.3 is 6.36 Å². The summed E-state index contributed by atoms with van der Waals surface area (Å²) >= 11 is 0. The van der Waals surface area contributed by atoms with Crippen molar-refractivity contribution in [1.82, 2.24) is 14.7 Å². The standard InChI is InChI=1S/C25H21F3N4O2/c1-2-21-23(32-14-4-3-5-22(32)31-21)24(33)30-16-17-6-10-19(11-7-17)29-15-18-8-12-20(13-9-18)34-25(26,27)28/h3-15H,2,16H2,1H3,(H,30,33). The summed E-state index contributed by atoms with van der Waals surface area (Å²) in [4.78, 5) is 21.7. The summed E-state index contributed by atoms with van der Waals surface area (Å²) in [6.45, 7) is 2.30. The number of carbonyl (C=O) groups excluding carboxylic acids is 1. The lowest BCUT2D eigenvalue weighted by molar-refractivity contribution is -0.274. The van der Waals surface area contributed by atoms with E-state index in [1.54, 1.807) is 22.7 Å². The molecule has 9 heteroatoms. The van der Waals surface area contributed by atoms with Gasteiger partial charge in [0.05, 0.1) is 11.4 Å². The Morgan fingerprint density at radius 3 is 2.50 bits per heavy atom. The first kappa shape index (κ1) is 23.0. The van der Waals surface area contributed by atoms with E-state index in [9.17, 15) is 18.0 Å². The van der Waals surface area contributed by atoms with Crippen molar-refractivity contribution in [2.24, 2.45) is 4.99 Å². The molecule has 0 radical (unpaired) electrons. The minimum Gasteiger partial charge on any atom is -0.406 e. The molecule has 2 aromatic heterocycles. The third-order valence-electron chi connectivity index (χ3n) is 5.02. The second-order valence-corrected chi connectivity index (χ2v) is 7.41. The number of rotatable bonds is 7.